The van der Waals surface area contributed by atoms with E-state index >= 15 is 0 Å². The average molecular weight is 409 g/mol. The SMILES string of the molecule is CC(C)Cc1cc(C(=O)NCCNc2ccc(S(C)(=O)=O)cc2[N+](=O)[O-])n[nH]1. The van der Waals surface area contributed by atoms with E-state index in [-0.39, 0.29) is 41.0 Å². The third-order valence-electron chi connectivity index (χ3n) is 3.81. The number of anilines is 1. The number of nitrogens with zero attached hydrogens (tertiary/aromatic N) is 2. The van der Waals surface area contributed by atoms with Crippen molar-refractivity contribution in [1.82, 2.24) is 15.5 Å². The quantitative estimate of drug-likeness (QED) is 0.325. The number of aromatic amines is 1. The molecule has 28 heavy (non-hydrogen) atoms. The van der Waals surface area contributed by atoms with Crippen molar-refractivity contribution in [2.24, 2.45) is 5.92 Å². The van der Waals surface area contributed by atoms with Crippen LogP contribution in [0.25, 0.3) is 0 Å². The zero-order chi connectivity index (χ0) is 20.9. The maximum atomic E-state index is 12.1. The second kappa shape index (κ2) is 8.83. The van der Waals surface area contributed by atoms with E-state index in [0.29, 0.717) is 5.92 Å². The van der Waals surface area contributed by atoms with Crippen LogP contribution in [-0.2, 0) is 16.3 Å². The molecule has 1 heterocycles. The van der Waals surface area contributed by atoms with E-state index in [2.05, 4.69) is 34.7 Å². The Labute approximate surface area is 162 Å². The Balaban J connectivity index is 1.93. The van der Waals surface area contributed by atoms with Crippen LogP contribution in [0.1, 0.15) is 30.0 Å². The predicted octanol–water partition coefficient (Wildman–Crippen LogP) is 1.76. The number of hydrogen-bond donors (Lipinski definition) is 3. The van der Waals surface area contributed by atoms with E-state index < -0.39 is 14.8 Å². The Morgan fingerprint density at radius 3 is 2.61 bits per heavy atom. The van der Waals surface area contributed by atoms with Gasteiger partial charge in [0, 0.05) is 31.1 Å². The van der Waals surface area contributed by atoms with Crippen LogP contribution in [0.4, 0.5) is 11.4 Å². The van der Waals surface area contributed by atoms with Crippen molar-refractivity contribution >= 4 is 27.1 Å². The summed E-state index contributed by atoms with van der Waals surface area (Å²) in [6, 6.07) is 5.33. The monoisotopic (exact) mass is 409 g/mol. The van der Waals surface area contributed by atoms with Gasteiger partial charge in [0.05, 0.1) is 9.82 Å². The molecule has 0 unspecified atom stereocenters. The van der Waals surface area contributed by atoms with Gasteiger partial charge in [0.1, 0.15) is 11.4 Å². The van der Waals surface area contributed by atoms with Crippen molar-refractivity contribution < 1.29 is 18.1 Å². The molecule has 152 valence electrons. The number of nitrogens with one attached hydrogen (secondary N) is 3. The highest BCUT2D eigenvalue weighted by atomic mass is 32.2. The first kappa shape index (κ1) is 21.4. The fourth-order valence-electron chi connectivity index (χ4n) is 2.53. The number of carbonyl (C=O) groups excluding carboxylic acids is 1. The number of carbonyl (C=O) groups is 1. The molecule has 2 rings (SSSR count). The fraction of sp³-hybridized carbons (Fsp3) is 0.412. The van der Waals surface area contributed by atoms with Gasteiger partial charge in [-0.05, 0) is 30.5 Å². The minimum atomic E-state index is -3.55. The van der Waals surface area contributed by atoms with Crippen LogP contribution in [0.15, 0.2) is 29.2 Å². The molecule has 0 aliphatic rings. The summed E-state index contributed by atoms with van der Waals surface area (Å²) in [5, 5.41) is 23.5. The zero-order valence-electron chi connectivity index (χ0n) is 15.9. The number of H-pyrrole nitrogens is 1. The Hall–Kier alpha value is -2.95. The molecule has 10 nitrogen and oxygen atoms in total. The molecule has 2 aromatic rings. The van der Waals surface area contributed by atoms with E-state index in [0.717, 1.165) is 24.4 Å². The van der Waals surface area contributed by atoms with E-state index in [9.17, 15) is 23.3 Å². The molecule has 0 bridgehead atoms. The first-order valence-electron chi connectivity index (χ1n) is 8.62. The maximum Gasteiger partial charge on any atom is 0.293 e. The lowest BCUT2D eigenvalue weighted by Gasteiger charge is -2.09. The summed E-state index contributed by atoms with van der Waals surface area (Å²) >= 11 is 0. The van der Waals surface area contributed by atoms with Crippen molar-refractivity contribution in [3.63, 3.8) is 0 Å². The number of nitro benzene ring substituents is 1. The van der Waals surface area contributed by atoms with Crippen molar-refractivity contribution in [2.75, 3.05) is 24.7 Å². The molecule has 1 amide bonds. The molecule has 0 atom stereocenters. The van der Waals surface area contributed by atoms with Gasteiger partial charge < -0.3 is 10.6 Å². The number of aromatic nitrogens is 2. The van der Waals surface area contributed by atoms with Crippen LogP contribution in [0.3, 0.4) is 0 Å². The van der Waals surface area contributed by atoms with Crippen LogP contribution in [0.5, 0.6) is 0 Å². The molecule has 3 N–H and O–H groups in total. The van der Waals surface area contributed by atoms with Crippen LogP contribution in [-0.4, -0.2) is 48.8 Å². The minimum absolute atomic E-state index is 0.131. The molecule has 11 heteroatoms. The van der Waals surface area contributed by atoms with E-state index in [1.165, 1.54) is 12.1 Å². The van der Waals surface area contributed by atoms with Gasteiger partial charge in [-0.1, -0.05) is 13.8 Å². The number of amides is 1. The molecule has 1 aromatic heterocycles. The lowest BCUT2D eigenvalue weighted by atomic mass is 10.1. The maximum absolute atomic E-state index is 12.1. The van der Waals surface area contributed by atoms with Crippen molar-refractivity contribution in [3.8, 4) is 0 Å². The highest BCUT2D eigenvalue weighted by Crippen LogP contribution is 2.27. The summed E-state index contributed by atoms with van der Waals surface area (Å²) in [4.78, 5) is 22.5. The van der Waals surface area contributed by atoms with Crippen LogP contribution >= 0.6 is 0 Å². The minimum Gasteiger partial charge on any atom is -0.378 e. The summed E-state index contributed by atoms with van der Waals surface area (Å²) < 4.78 is 23.1. The fourth-order valence-corrected chi connectivity index (χ4v) is 3.17. The van der Waals surface area contributed by atoms with E-state index in [1.54, 1.807) is 6.07 Å². The standard InChI is InChI=1S/C17H23N5O5S/c1-11(2)8-12-9-15(21-20-12)17(23)19-7-6-18-14-5-4-13(28(3,26)27)10-16(14)22(24)25/h4-5,9-11,18H,6-8H2,1-3H3,(H,19,23)(H,20,21). The first-order chi connectivity index (χ1) is 13.1. The Morgan fingerprint density at radius 1 is 1.29 bits per heavy atom. The smallest absolute Gasteiger partial charge is 0.293 e. The highest BCUT2D eigenvalue weighted by molar-refractivity contribution is 7.90. The summed E-state index contributed by atoms with van der Waals surface area (Å²) in [7, 11) is -3.55. The van der Waals surface area contributed by atoms with Crippen LogP contribution in [0.2, 0.25) is 0 Å². The highest BCUT2D eigenvalue weighted by Gasteiger charge is 2.18. The second-order valence-corrected chi connectivity index (χ2v) is 8.78. The van der Waals surface area contributed by atoms with Crippen molar-refractivity contribution in [2.45, 2.75) is 25.2 Å². The third kappa shape index (κ3) is 5.78. The molecule has 1 aromatic carbocycles. The molecule has 0 spiro atoms. The molecule has 0 saturated heterocycles. The van der Waals surface area contributed by atoms with Gasteiger partial charge in [-0.2, -0.15) is 5.10 Å². The van der Waals surface area contributed by atoms with Gasteiger partial charge in [0.25, 0.3) is 11.6 Å². The lowest BCUT2D eigenvalue weighted by Crippen LogP contribution is -2.29. The lowest BCUT2D eigenvalue weighted by molar-refractivity contribution is -0.384. The Kier molecular flexibility index (Phi) is 6.73. The number of benzene rings is 1. The summed E-state index contributed by atoms with van der Waals surface area (Å²) in [6.45, 7) is 4.55. The number of hydrogen-bond acceptors (Lipinski definition) is 7. The number of sulfone groups is 1. The van der Waals surface area contributed by atoms with Gasteiger partial charge in [-0.15, -0.1) is 0 Å². The molecular weight excluding hydrogens is 386 g/mol. The van der Waals surface area contributed by atoms with Gasteiger partial charge in [0.2, 0.25) is 0 Å². The van der Waals surface area contributed by atoms with Crippen molar-refractivity contribution in [1.29, 1.82) is 0 Å². The Bertz CT molecular complexity index is 968. The van der Waals surface area contributed by atoms with Gasteiger partial charge in [-0.25, -0.2) is 8.42 Å². The Morgan fingerprint density at radius 2 is 2.00 bits per heavy atom. The second-order valence-electron chi connectivity index (χ2n) is 6.77. The van der Waals surface area contributed by atoms with Crippen molar-refractivity contribution in [3.05, 3.63) is 45.8 Å². The number of nitro groups is 1. The summed E-state index contributed by atoms with van der Waals surface area (Å²) in [5.41, 5.74) is 0.976. The number of rotatable bonds is 9. The third-order valence-corrected chi connectivity index (χ3v) is 4.92. The zero-order valence-corrected chi connectivity index (χ0v) is 16.7. The van der Waals surface area contributed by atoms with Gasteiger partial charge in [-0.3, -0.25) is 20.0 Å². The molecule has 0 aliphatic carbocycles. The largest absolute Gasteiger partial charge is 0.378 e. The molecule has 0 fully saturated rings. The predicted molar refractivity (Wildman–Crippen MR) is 104 cm³/mol. The molecule has 0 saturated carbocycles. The van der Waals surface area contributed by atoms with Crippen LogP contribution < -0.4 is 10.6 Å². The molecule has 0 aliphatic heterocycles. The normalized spacial score (nSPS) is 11.4. The summed E-state index contributed by atoms with van der Waals surface area (Å²) in [5.74, 6) is 0.0837. The van der Waals surface area contributed by atoms with Gasteiger partial charge in [0.15, 0.2) is 9.84 Å². The molecule has 0 radical (unpaired) electrons. The average Bonchev–Trinajstić information content (AvgIpc) is 3.05. The molecular formula is C17H23N5O5S. The topological polar surface area (TPSA) is 147 Å². The summed E-state index contributed by atoms with van der Waals surface area (Å²) in [6.07, 6.45) is 1.77. The van der Waals surface area contributed by atoms with Crippen LogP contribution in [0, 0.1) is 16.0 Å². The first-order valence-corrected chi connectivity index (χ1v) is 10.5. The van der Waals surface area contributed by atoms with E-state index in [1.807, 2.05) is 0 Å². The van der Waals surface area contributed by atoms with E-state index in [4.69, 9.17) is 0 Å². The van der Waals surface area contributed by atoms with Gasteiger partial charge >= 0.3 is 0 Å².